The van der Waals surface area contributed by atoms with Gasteiger partial charge >= 0.3 is 0 Å². The first-order valence-corrected chi connectivity index (χ1v) is 17.7. The Kier molecular flexibility index (Phi) is 7.94. The largest absolute Gasteiger partial charge is 0.493 e. The molecule has 10 nitrogen and oxygen atoms in total. The quantitative estimate of drug-likeness (QED) is 0.205. The van der Waals surface area contributed by atoms with E-state index in [2.05, 4.69) is 23.5 Å². The summed E-state index contributed by atoms with van der Waals surface area (Å²) in [4.78, 5) is 36.1. The number of aliphatic imine (C=N–C) groups is 1. The molecular formula is C42H38N4O6. The second-order valence-corrected chi connectivity index (χ2v) is 13.7. The number of rotatable bonds is 8. The van der Waals surface area contributed by atoms with E-state index in [1.165, 1.54) is 5.57 Å². The summed E-state index contributed by atoms with van der Waals surface area (Å²) in [5, 5.41) is 3.51. The fourth-order valence-electron chi connectivity index (χ4n) is 8.00. The highest BCUT2D eigenvalue weighted by atomic mass is 16.5. The Morgan fingerprint density at radius 3 is 2.31 bits per heavy atom. The number of carbonyl (C=O) groups is 2. The van der Waals surface area contributed by atoms with Crippen LogP contribution in [0, 0.1) is 0 Å². The first-order valence-electron chi connectivity index (χ1n) is 17.7. The fraction of sp³-hybridized carbons (Fsp3) is 0.262. The van der Waals surface area contributed by atoms with Gasteiger partial charge in [-0.1, -0.05) is 42.5 Å². The predicted molar refractivity (Wildman–Crippen MR) is 198 cm³/mol. The summed E-state index contributed by atoms with van der Waals surface area (Å²) in [7, 11) is 3.16. The zero-order chi connectivity index (χ0) is 35.3. The molecule has 1 N–H and O–H groups in total. The number of hydrogen-bond donors (Lipinski definition) is 1. The number of fused-ring (bicyclic) bond motifs is 7. The predicted octanol–water partition coefficient (Wildman–Crippen LogP) is 7.39. The van der Waals surface area contributed by atoms with Gasteiger partial charge in [-0.25, -0.2) is 0 Å². The molecule has 4 aromatic rings. The van der Waals surface area contributed by atoms with E-state index in [4.69, 9.17) is 23.9 Å². The number of amides is 2. The number of hydrogen-bond acceptors (Lipinski definition) is 8. The highest BCUT2D eigenvalue weighted by molar-refractivity contribution is 6.14. The van der Waals surface area contributed by atoms with E-state index in [-0.39, 0.29) is 37.1 Å². The van der Waals surface area contributed by atoms with Crippen molar-refractivity contribution in [2.45, 2.75) is 51.0 Å². The molecule has 1 aliphatic carbocycles. The third kappa shape index (κ3) is 5.46. The Hall–Kier alpha value is -6.03. The SMILES string of the molecule is COc1cc2c(cc1OCc1cccc(COc3cc4c(cc3OC)C(=O)N3C5=C(CCC=C5)C[C@H]3CN4)c1)N=CC1Cc3ccccc3N1C2=O. The van der Waals surface area contributed by atoms with E-state index in [9.17, 15) is 9.59 Å². The van der Waals surface area contributed by atoms with Gasteiger partial charge in [0.05, 0.1) is 48.8 Å². The minimum Gasteiger partial charge on any atom is -0.493 e. The summed E-state index contributed by atoms with van der Waals surface area (Å²) < 4.78 is 24.0. The maximum Gasteiger partial charge on any atom is 0.261 e. The number of methoxy groups -OCH3 is 2. The molecule has 1 unspecified atom stereocenters. The zero-order valence-electron chi connectivity index (χ0n) is 29.1. The summed E-state index contributed by atoms with van der Waals surface area (Å²) in [6.45, 7) is 1.22. The van der Waals surface area contributed by atoms with E-state index in [0.717, 1.165) is 59.4 Å². The van der Waals surface area contributed by atoms with Gasteiger partial charge in [0.1, 0.15) is 13.2 Å². The molecule has 5 aliphatic rings. The molecule has 4 heterocycles. The van der Waals surface area contributed by atoms with Crippen LogP contribution < -0.4 is 29.2 Å². The first-order chi connectivity index (χ1) is 25.5. The molecule has 10 heteroatoms. The maximum absolute atomic E-state index is 13.8. The Morgan fingerprint density at radius 1 is 0.788 bits per heavy atom. The van der Waals surface area contributed by atoms with Crippen LogP contribution in [0.5, 0.6) is 23.0 Å². The number of anilines is 2. The van der Waals surface area contributed by atoms with E-state index in [0.29, 0.717) is 46.4 Å². The molecule has 0 aromatic heterocycles. The lowest BCUT2D eigenvalue weighted by molar-refractivity contribution is 0.0784. The molecule has 4 aliphatic heterocycles. The van der Waals surface area contributed by atoms with Crippen LogP contribution in [0.4, 0.5) is 17.1 Å². The van der Waals surface area contributed by atoms with Crippen molar-refractivity contribution in [3.63, 3.8) is 0 Å². The third-order valence-electron chi connectivity index (χ3n) is 10.5. The van der Waals surface area contributed by atoms with Gasteiger partial charge in [0.2, 0.25) is 0 Å². The van der Waals surface area contributed by atoms with Crippen LogP contribution in [-0.4, -0.2) is 55.8 Å². The Labute approximate surface area is 302 Å². The van der Waals surface area contributed by atoms with Gasteiger partial charge in [-0.05, 0) is 71.9 Å². The highest BCUT2D eigenvalue weighted by Crippen LogP contribution is 2.43. The lowest BCUT2D eigenvalue weighted by atomic mass is 10.0. The van der Waals surface area contributed by atoms with Gasteiger partial charge in [-0.2, -0.15) is 0 Å². The lowest BCUT2D eigenvalue weighted by Crippen LogP contribution is -2.37. The van der Waals surface area contributed by atoms with Crippen molar-refractivity contribution < 1.29 is 28.5 Å². The van der Waals surface area contributed by atoms with Gasteiger partial charge in [-0.15, -0.1) is 0 Å². The summed E-state index contributed by atoms with van der Waals surface area (Å²) in [5.74, 6) is 1.89. The van der Waals surface area contributed by atoms with Gasteiger partial charge in [0, 0.05) is 42.7 Å². The molecular weight excluding hydrogens is 656 g/mol. The van der Waals surface area contributed by atoms with Gasteiger partial charge < -0.3 is 29.2 Å². The van der Waals surface area contributed by atoms with E-state index in [1.807, 2.05) is 64.5 Å². The summed E-state index contributed by atoms with van der Waals surface area (Å²) in [5.41, 5.74) is 8.68. The number of benzene rings is 4. The topological polar surface area (TPSA) is 102 Å². The minimum absolute atomic E-state index is 0.0188. The van der Waals surface area contributed by atoms with Crippen LogP contribution in [0.2, 0.25) is 0 Å². The molecule has 0 radical (unpaired) electrons. The number of nitrogens with one attached hydrogen (secondary N) is 1. The van der Waals surface area contributed by atoms with Crippen LogP contribution in [-0.2, 0) is 19.6 Å². The average Bonchev–Trinajstić information content (AvgIpc) is 3.67. The van der Waals surface area contributed by atoms with E-state index in [1.54, 1.807) is 32.4 Å². The second kappa shape index (κ2) is 12.9. The molecule has 0 fully saturated rings. The fourth-order valence-corrected chi connectivity index (χ4v) is 8.00. The Bertz CT molecular complexity index is 2220. The van der Waals surface area contributed by atoms with Crippen LogP contribution in [0.3, 0.4) is 0 Å². The van der Waals surface area contributed by atoms with Crippen molar-refractivity contribution in [3.8, 4) is 23.0 Å². The molecule has 0 spiro atoms. The van der Waals surface area contributed by atoms with E-state index < -0.39 is 0 Å². The smallest absolute Gasteiger partial charge is 0.261 e. The van der Waals surface area contributed by atoms with Crippen molar-refractivity contribution in [2.75, 3.05) is 31.0 Å². The van der Waals surface area contributed by atoms with Gasteiger partial charge in [0.25, 0.3) is 11.8 Å². The summed E-state index contributed by atoms with van der Waals surface area (Å²) in [6.07, 6.45) is 9.76. The van der Waals surface area contributed by atoms with Crippen molar-refractivity contribution in [3.05, 3.63) is 124 Å². The number of para-hydroxylation sites is 1. The normalized spacial score (nSPS) is 19.4. The molecule has 9 rings (SSSR count). The monoisotopic (exact) mass is 694 g/mol. The maximum atomic E-state index is 13.8. The number of nitrogens with zero attached hydrogens (tertiary/aromatic N) is 3. The minimum atomic E-state index is -0.139. The highest BCUT2D eigenvalue weighted by Gasteiger charge is 2.39. The zero-order valence-corrected chi connectivity index (χ0v) is 29.1. The Balaban J connectivity index is 0.900. The van der Waals surface area contributed by atoms with Crippen LogP contribution in [0.25, 0.3) is 0 Å². The molecule has 2 atom stereocenters. The van der Waals surface area contributed by atoms with Crippen molar-refractivity contribution >= 4 is 35.1 Å². The molecule has 0 saturated heterocycles. The van der Waals surface area contributed by atoms with Gasteiger partial charge in [-0.3, -0.25) is 19.5 Å². The Morgan fingerprint density at radius 2 is 1.52 bits per heavy atom. The molecule has 0 saturated carbocycles. The molecule has 262 valence electrons. The molecule has 0 bridgehead atoms. The average molecular weight is 695 g/mol. The van der Waals surface area contributed by atoms with E-state index >= 15 is 0 Å². The van der Waals surface area contributed by atoms with Crippen molar-refractivity contribution in [2.24, 2.45) is 4.99 Å². The lowest BCUT2D eigenvalue weighted by Gasteiger charge is -2.24. The molecule has 2 amide bonds. The van der Waals surface area contributed by atoms with Crippen LogP contribution >= 0.6 is 0 Å². The van der Waals surface area contributed by atoms with Crippen LogP contribution in [0.1, 0.15) is 56.7 Å². The summed E-state index contributed by atoms with van der Waals surface area (Å²) in [6, 6.07) is 23.0. The van der Waals surface area contributed by atoms with Gasteiger partial charge in [0.15, 0.2) is 23.0 Å². The molecule has 4 aromatic carbocycles. The van der Waals surface area contributed by atoms with Crippen molar-refractivity contribution in [1.29, 1.82) is 0 Å². The van der Waals surface area contributed by atoms with Crippen LogP contribution in [0.15, 0.2) is 101 Å². The molecule has 52 heavy (non-hydrogen) atoms. The standard InChI is InChI=1S/C42H38N4O6/c1-49-37-17-31-33(43-21-29-15-27-10-3-5-12-35(27)45(29)41(31)47)19-39(37)51-23-25-8-7-9-26(14-25)24-52-40-20-34-32(18-38(40)50-2)42(48)46-30(22-44-34)16-28-11-4-6-13-36(28)46/h3,5-10,12-14,17-21,29-30,44H,4,11,15-16,22-24H2,1-2H3/t29?,30-/m0/s1. The third-order valence-corrected chi connectivity index (χ3v) is 10.5. The summed E-state index contributed by atoms with van der Waals surface area (Å²) >= 11 is 0. The number of allylic oxidation sites excluding steroid dienone is 2. The van der Waals surface area contributed by atoms with Crippen molar-refractivity contribution in [1.82, 2.24) is 4.90 Å². The second-order valence-electron chi connectivity index (χ2n) is 13.7. The number of carbonyl (C=O) groups excluding carboxylic acids is 2. The number of ether oxygens (including phenoxy) is 4. The first kappa shape index (κ1) is 31.9.